The number of amides is 2. The summed E-state index contributed by atoms with van der Waals surface area (Å²) in [5, 5.41) is 2.52. The third-order valence-electron chi connectivity index (χ3n) is 4.23. The zero-order chi connectivity index (χ0) is 18.7. The van der Waals surface area contributed by atoms with E-state index in [-0.39, 0.29) is 6.04 Å². The Hall–Kier alpha value is -2.67. The lowest BCUT2D eigenvalue weighted by Crippen LogP contribution is -2.41. The Bertz CT molecular complexity index is 926. The van der Waals surface area contributed by atoms with Gasteiger partial charge in [0.05, 0.1) is 0 Å². The highest BCUT2D eigenvalue weighted by atomic mass is 32.2. The van der Waals surface area contributed by atoms with E-state index in [0.717, 1.165) is 11.3 Å². The summed E-state index contributed by atoms with van der Waals surface area (Å²) in [7, 11) is -3.87. The number of nitrogens with zero attached hydrogens (tertiary/aromatic N) is 1. The summed E-state index contributed by atoms with van der Waals surface area (Å²) in [6, 6.07) is 15.9. The van der Waals surface area contributed by atoms with Gasteiger partial charge in [-0.3, -0.25) is 9.59 Å². The number of fused-ring (bicyclic) bond motifs is 1. The van der Waals surface area contributed by atoms with Gasteiger partial charge in [-0.1, -0.05) is 36.4 Å². The molecule has 7 heteroatoms. The van der Waals surface area contributed by atoms with E-state index in [9.17, 15) is 18.0 Å². The van der Waals surface area contributed by atoms with E-state index in [1.54, 1.807) is 30.3 Å². The lowest BCUT2D eigenvalue weighted by atomic mass is 10.1. The van der Waals surface area contributed by atoms with Crippen molar-refractivity contribution < 1.29 is 18.0 Å². The Balaban J connectivity index is 1.66. The van der Waals surface area contributed by atoms with Crippen LogP contribution in [0.25, 0.3) is 0 Å². The van der Waals surface area contributed by atoms with E-state index in [0.29, 0.717) is 12.1 Å². The zero-order valence-electron chi connectivity index (χ0n) is 14.4. The second kappa shape index (κ2) is 7.29. The molecule has 3 rings (SSSR count). The number of rotatable bonds is 5. The molecule has 0 aliphatic carbocycles. The number of carbonyl (C=O) groups is 2. The average molecular weight is 372 g/mol. The third kappa shape index (κ3) is 4.11. The molecular formula is C19H20N2O4S. The van der Waals surface area contributed by atoms with Crippen molar-refractivity contribution in [2.75, 3.05) is 21.7 Å². The summed E-state index contributed by atoms with van der Waals surface area (Å²) in [6.45, 7) is 1.88. The van der Waals surface area contributed by atoms with Crippen molar-refractivity contribution in [3.8, 4) is 0 Å². The molecule has 0 fully saturated rings. The van der Waals surface area contributed by atoms with Gasteiger partial charge in [-0.2, -0.15) is 0 Å². The molecule has 1 unspecified atom stereocenters. The number of carbonyl (C=O) groups excluding carboxylic acids is 2. The van der Waals surface area contributed by atoms with E-state index in [1.165, 1.54) is 4.90 Å². The van der Waals surface area contributed by atoms with Crippen LogP contribution in [-0.4, -0.2) is 37.8 Å². The SMILES string of the molecule is CC1Cc2ccccc2N1C(=O)CS(=O)(=O)CC(=O)Nc1ccccc1. The molecule has 1 aliphatic heterocycles. The number of hydrogen-bond acceptors (Lipinski definition) is 4. The first-order valence-electron chi connectivity index (χ1n) is 8.31. The van der Waals surface area contributed by atoms with E-state index < -0.39 is 33.2 Å². The summed E-state index contributed by atoms with van der Waals surface area (Å²) in [6.07, 6.45) is 0.691. The van der Waals surface area contributed by atoms with Gasteiger partial charge in [0.1, 0.15) is 11.5 Å². The van der Waals surface area contributed by atoms with Crippen LogP contribution >= 0.6 is 0 Å². The Morgan fingerprint density at radius 2 is 1.69 bits per heavy atom. The summed E-state index contributed by atoms with van der Waals surface area (Å²) in [5.74, 6) is -2.57. The number of para-hydroxylation sites is 2. The molecule has 136 valence electrons. The van der Waals surface area contributed by atoms with Gasteiger partial charge in [0.2, 0.25) is 11.8 Å². The van der Waals surface area contributed by atoms with Crippen molar-refractivity contribution in [3.05, 3.63) is 60.2 Å². The lowest BCUT2D eigenvalue weighted by Gasteiger charge is -2.22. The van der Waals surface area contributed by atoms with Crippen LogP contribution in [0.4, 0.5) is 11.4 Å². The van der Waals surface area contributed by atoms with Gasteiger partial charge in [-0.15, -0.1) is 0 Å². The first-order valence-corrected chi connectivity index (χ1v) is 10.1. The van der Waals surface area contributed by atoms with Gasteiger partial charge in [0.25, 0.3) is 0 Å². The average Bonchev–Trinajstić information content (AvgIpc) is 2.90. The smallest absolute Gasteiger partial charge is 0.242 e. The Labute approximate surface area is 152 Å². The third-order valence-corrected chi connectivity index (χ3v) is 5.62. The fourth-order valence-corrected chi connectivity index (χ4v) is 4.26. The highest BCUT2D eigenvalue weighted by molar-refractivity contribution is 7.92. The van der Waals surface area contributed by atoms with Crippen molar-refractivity contribution >= 4 is 33.0 Å². The summed E-state index contributed by atoms with van der Waals surface area (Å²) < 4.78 is 24.6. The molecule has 0 aromatic heterocycles. The largest absolute Gasteiger partial charge is 0.325 e. The van der Waals surface area contributed by atoms with Crippen LogP contribution in [0.5, 0.6) is 0 Å². The molecule has 6 nitrogen and oxygen atoms in total. The van der Waals surface area contributed by atoms with Crippen LogP contribution in [0, 0.1) is 0 Å². The van der Waals surface area contributed by atoms with Gasteiger partial charge >= 0.3 is 0 Å². The molecule has 1 aliphatic rings. The van der Waals surface area contributed by atoms with Gasteiger partial charge in [-0.25, -0.2) is 8.42 Å². The highest BCUT2D eigenvalue weighted by Gasteiger charge is 2.33. The molecule has 0 radical (unpaired) electrons. The molecule has 0 saturated heterocycles. The molecule has 2 aromatic rings. The van der Waals surface area contributed by atoms with Crippen molar-refractivity contribution in [2.24, 2.45) is 0 Å². The highest BCUT2D eigenvalue weighted by Crippen LogP contribution is 2.31. The van der Waals surface area contributed by atoms with Gasteiger partial charge in [-0.05, 0) is 37.1 Å². The van der Waals surface area contributed by atoms with Gasteiger partial charge in [0.15, 0.2) is 9.84 Å². The molecule has 0 saturated carbocycles. The Kier molecular flexibility index (Phi) is 5.08. The number of sulfone groups is 1. The van der Waals surface area contributed by atoms with Crippen LogP contribution < -0.4 is 10.2 Å². The van der Waals surface area contributed by atoms with Crippen molar-refractivity contribution in [3.63, 3.8) is 0 Å². The maximum absolute atomic E-state index is 12.6. The van der Waals surface area contributed by atoms with Crippen LogP contribution in [0.1, 0.15) is 12.5 Å². The molecule has 0 bridgehead atoms. The van der Waals surface area contributed by atoms with Crippen molar-refractivity contribution in [2.45, 2.75) is 19.4 Å². The van der Waals surface area contributed by atoms with Crippen molar-refractivity contribution in [1.29, 1.82) is 0 Å². The first-order chi connectivity index (χ1) is 12.4. The molecule has 1 heterocycles. The van der Waals surface area contributed by atoms with E-state index in [4.69, 9.17) is 0 Å². The van der Waals surface area contributed by atoms with Crippen LogP contribution in [0.15, 0.2) is 54.6 Å². The quantitative estimate of drug-likeness (QED) is 0.870. The molecule has 2 aromatic carbocycles. The minimum absolute atomic E-state index is 0.103. The molecule has 1 N–H and O–H groups in total. The topological polar surface area (TPSA) is 83.6 Å². The second-order valence-electron chi connectivity index (χ2n) is 6.39. The molecule has 1 atom stereocenters. The number of nitrogens with one attached hydrogen (secondary N) is 1. The Morgan fingerprint density at radius 3 is 2.42 bits per heavy atom. The van der Waals surface area contributed by atoms with E-state index in [2.05, 4.69) is 5.32 Å². The predicted octanol–water partition coefficient (Wildman–Crippen LogP) is 2.02. The minimum Gasteiger partial charge on any atom is -0.325 e. The molecule has 2 amide bonds. The summed E-state index contributed by atoms with van der Waals surface area (Å²) >= 11 is 0. The van der Waals surface area contributed by atoms with E-state index in [1.807, 2.05) is 31.2 Å². The van der Waals surface area contributed by atoms with E-state index >= 15 is 0 Å². The van der Waals surface area contributed by atoms with Crippen molar-refractivity contribution in [1.82, 2.24) is 0 Å². The van der Waals surface area contributed by atoms with Crippen LogP contribution in [0.2, 0.25) is 0 Å². The van der Waals surface area contributed by atoms with Crippen LogP contribution in [0.3, 0.4) is 0 Å². The molecule has 0 spiro atoms. The summed E-state index contributed by atoms with van der Waals surface area (Å²) in [4.78, 5) is 26.1. The predicted molar refractivity (Wildman–Crippen MR) is 101 cm³/mol. The minimum atomic E-state index is -3.87. The standard InChI is InChI=1S/C19H20N2O4S/c1-14-11-15-7-5-6-10-17(15)21(14)19(23)13-26(24,25)12-18(22)20-16-8-3-2-4-9-16/h2-10,14H,11-13H2,1H3,(H,20,22). The number of benzene rings is 2. The first kappa shape index (κ1) is 18.1. The van der Waals surface area contributed by atoms with Crippen LogP contribution in [-0.2, 0) is 25.8 Å². The normalized spacial score (nSPS) is 16.2. The molecular weight excluding hydrogens is 352 g/mol. The number of hydrogen-bond donors (Lipinski definition) is 1. The van der Waals surface area contributed by atoms with Gasteiger partial charge in [0, 0.05) is 17.4 Å². The van der Waals surface area contributed by atoms with Gasteiger partial charge < -0.3 is 10.2 Å². The maximum atomic E-state index is 12.6. The fourth-order valence-electron chi connectivity index (χ4n) is 3.17. The maximum Gasteiger partial charge on any atom is 0.242 e. The summed E-state index contributed by atoms with van der Waals surface area (Å²) in [5.41, 5.74) is 2.28. The Morgan fingerprint density at radius 1 is 1.04 bits per heavy atom. The molecule has 26 heavy (non-hydrogen) atoms. The monoisotopic (exact) mass is 372 g/mol. The second-order valence-corrected chi connectivity index (χ2v) is 8.46. The fraction of sp³-hybridized carbons (Fsp3) is 0.263. The lowest BCUT2D eigenvalue weighted by molar-refractivity contribution is -0.116. The number of anilines is 2. The zero-order valence-corrected chi connectivity index (χ0v) is 15.2.